The Morgan fingerprint density at radius 3 is 2.16 bits per heavy atom. The summed E-state index contributed by atoms with van der Waals surface area (Å²) in [6.45, 7) is -0.0929. The number of hydrogen-bond donors (Lipinski definition) is 3. The number of anilines is 1. The Balaban J connectivity index is 3.27. The minimum Gasteiger partial charge on any atom is -0.493 e. The summed E-state index contributed by atoms with van der Waals surface area (Å²) < 4.78 is 20.3. The average molecular weight is 356 g/mol. The van der Waals surface area contributed by atoms with Crippen molar-refractivity contribution in [3.63, 3.8) is 0 Å². The molecule has 0 aliphatic heterocycles. The van der Waals surface area contributed by atoms with Crippen molar-refractivity contribution >= 4 is 23.7 Å². The van der Waals surface area contributed by atoms with E-state index in [0.717, 1.165) is 0 Å². The number of hydrogen-bond acceptors (Lipinski definition) is 7. The molecule has 25 heavy (non-hydrogen) atoms. The van der Waals surface area contributed by atoms with Gasteiger partial charge in [0.25, 0.3) is 0 Å². The molecule has 0 heterocycles. The molecular formula is C15H20N2O8. The summed E-state index contributed by atoms with van der Waals surface area (Å²) in [5.41, 5.74) is -0.0230. The largest absolute Gasteiger partial charge is 0.493 e. The number of rotatable bonds is 8. The molecule has 10 nitrogen and oxygen atoms in total. The Morgan fingerprint density at radius 2 is 1.68 bits per heavy atom. The number of amides is 2. The maximum absolute atomic E-state index is 12.0. The highest BCUT2D eigenvalue weighted by atomic mass is 16.5. The standard InChI is InChI=1S/C15H20N2O8/c1-22-9-7-8(14(20)25-4)11(13(24-3)12(9)23-2)17-15(21)16-6-5-10(18)19/h7H,5-6H2,1-4H3,(H,18,19)(H2,16,17,21). The second-order valence-corrected chi connectivity index (χ2v) is 4.58. The van der Waals surface area contributed by atoms with Gasteiger partial charge in [-0.15, -0.1) is 0 Å². The van der Waals surface area contributed by atoms with Gasteiger partial charge in [-0.3, -0.25) is 4.79 Å². The van der Waals surface area contributed by atoms with Crippen LogP contribution in [-0.4, -0.2) is 58.1 Å². The van der Waals surface area contributed by atoms with Crippen molar-refractivity contribution in [3.05, 3.63) is 11.6 Å². The van der Waals surface area contributed by atoms with Crippen molar-refractivity contribution in [2.24, 2.45) is 0 Å². The van der Waals surface area contributed by atoms with Crippen LogP contribution in [-0.2, 0) is 9.53 Å². The SMILES string of the molecule is COC(=O)c1cc(OC)c(OC)c(OC)c1NC(=O)NCCC(=O)O. The van der Waals surface area contributed by atoms with E-state index >= 15 is 0 Å². The van der Waals surface area contributed by atoms with Gasteiger partial charge in [0, 0.05) is 12.6 Å². The van der Waals surface area contributed by atoms with E-state index in [-0.39, 0.29) is 41.5 Å². The maximum atomic E-state index is 12.0. The van der Waals surface area contributed by atoms with Crippen molar-refractivity contribution < 1.29 is 38.4 Å². The van der Waals surface area contributed by atoms with Crippen molar-refractivity contribution in [1.29, 1.82) is 0 Å². The number of benzene rings is 1. The fourth-order valence-electron chi connectivity index (χ4n) is 1.99. The first kappa shape index (κ1) is 19.9. The highest BCUT2D eigenvalue weighted by Crippen LogP contribution is 2.45. The lowest BCUT2D eigenvalue weighted by molar-refractivity contribution is -0.136. The molecule has 0 saturated heterocycles. The number of carbonyl (C=O) groups excluding carboxylic acids is 2. The molecule has 0 fully saturated rings. The predicted octanol–water partition coefficient (Wildman–Crippen LogP) is 1.10. The van der Waals surface area contributed by atoms with Gasteiger partial charge < -0.3 is 34.7 Å². The number of carboxylic acids is 1. The van der Waals surface area contributed by atoms with Crippen LogP contribution < -0.4 is 24.8 Å². The van der Waals surface area contributed by atoms with Gasteiger partial charge in [0.15, 0.2) is 11.5 Å². The maximum Gasteiger partial charge on any atom is 0.340 e. The Kier molecular flexibility index (Phi) is 7.32. The van der Waals surface area contributed by atoms with Gasteiger partial charge in [-0.05, 0) is 0 Å². The van der Waals surface area contributed by atoms with Gasteiger partial charge in [0.05, 0.1) is 40.4 Å². The number of urea groups is 1. The molecular weight excluding hydrogens is 336 g/mol. The fourth-order valence-corrected chi connectivity index (χ4v) is 1.99. The van der Waals surface area contributed by atoms with Crippen molar-refractivity contribution in [3.8, 4) is 17.2 Å². The van der Waals surface area contributed by atoms with Crippen LogP contribution in [0.2, 0.25) is 0 Å². The molecule has 0 unspecified atom stereocenters. The predicted molar refractivity (Wildman–Crippen MR) is 86.7 cm³/mol. The summed E-state index contributed by atoms with van der Waals surface area (Å²) in [5.74, 6) is -1.37. The number of ether oxygens (including phenoxy) is 4. The van der Waals surface area contributed by atoms with E-state index in [9.17, 15) is 14.4 Å². The van der Waals surface area contributed by atoms with E-state index < -0.39 is 18.0 Å². The quantitative estimate of drug-likeness (QED) is 0.590. The second-order valence-electron chi connectivity index (χ2n) is 4.58. The second kappa shape index (κ2) is 9.21. The minimum atomic E-state index is -1.06. The van der Waals surface area contributed by atoms with E-state index in [2.05, 4.69) is 10.6 Å². The van der Waals surface area contributed by atoms with E-state index in [0.29, 0.717) is 0 Å². The molecule has 2 amide bonds. The summed E-state index contributed by atoms with van der Waals surface area (Å²) in [6, 6.07) is 0.608. The monoisotopic (exact) mass is 356 g/mol. The topological polar surface area (TPSA) is 132 Å². The highest BCUT2D eigenvalue weighted by molar-refractivity contribution is 6.04. The third kappa shape index (κ3) is 4.90. The van der Waals surface area contributed by atoms with Gasteiger partial charge in [0.1, 0.15) is 5.69 Å². The zero-order chi connectivity index (χ0) is 19.0. The van der Waals surface area contributed by atoms with Crippen LogP contribution >= 0.6 is 0 Å². The number of nitrogens with one attached hydrogen (secondary N) is 2. The zero-order valence-electron chi connectivity index (χ0n) is 14.3. The van der Waals surface area contributed by atoms with Crippen LogP contribution in [0.25, 0.3) is 0 Å². The first-order valence-electron chi connectivity index (χ1n) is 7.07. The molecule has 0 radical (unpaired) electrons. The van der Waals surface area contributed by atoms with Crippen LogP contribution in [0.4, 0.5) is 10.5 Å². The molecule has 0 aromatic heterocycles. The Bertz CT molecular complexity index is 659. The Hall–Kier alpha value is -3.17. The number of methoxy groups -OCH3 is 4. The summed E-state index contributed by atoms with van der Waals surface area (Å²) in [6.07, 6.45) is -0.250. The van der Waals surface area contributed by atoms with Crippen LogP contribution in [0.5, 0.6) is 17.2 Å². The van der Waals surface area contributed by atoms with E-state index in [1.165, 1.54) is 34.5 Å². The lowest BCUT2D eigenvalue weighted by atomic mass is 10.1. The number of aliphatic carboxylic acids is 1. The Labute approximate surface area is 144 Å². The first-order chi connectivity index (χ1) is 11.9. The molecule has 0 atom stereocenters. The third-order valence-electron chi connectivity index (χ3n) is 3.10. The lowest BCUT2D eigenvalue weighted by Crippen LogP contribution is -2.31. The molecule has 0 bridgehead atoms. The van der Waals surface area contributed by atoms with Crippen molar-refractivity contribution in [2.75, 3.05) is 40.3 Å². The van der Waals surface area contributed by atoms with Gasteiger partial charge in [-0.1, -0.05) is 0 Å². The lowest BCUT2D eigenvalue weighted by Gasteiger charge is -2.19. The smallest absolute Gasteiger partial charge is 0.340 e. The molecule has 0 aliphatic rings. The first-order valence-corrected chi connectivity index (χ1v) is 7.07. The average Bonchev–Trinajstić information content (AvgIpc) is 2.59. The molecule has 1 aromatic rings. The van der Waals surface area contributed by atoms with E-state index in [4.69, 9.17) is 24.1 Å². The summed E-state index contributed by atoms with van der Waals surface area (Å²) in [5, 5.41) is 13.4. The molecule has 10 heteroatoms. The number of carbonyl (C=O) groups is 3. The summed E-state index contributed by atoms with van der Waals surface area (Å²) in [7, 11) is 5.26. The minimum absolute atomic E-state index is 0.000162. The molecule has 138 valence electrons. The van der Waals surface area contributed by atoms with Crippen LogP contribution in [0.3, 0.4) is 0 Å². The third-order valence-corrected chi connectivity index (χ3v) is 3.10. The Morgan fingerprint density at radius 1 is 1.04 bits per heavy atom. The molecule has 3 N–H and O–H groups in total. The highest BCUT2D eigenvalue weighted by Gasteiger charge is 2.26. The van der Waals surface area contributed by atoms with E-state index in [1.807, 2.05) is 0 Å². The molecule has 0 aliphatic carbocycles. The van der Waals surface area contributed by atoms with Crippen molar-refractivity contribution in [1.82, 2.24) is 5.32 Å². The molecule has 1 rings (SSSR count). The van der Waals surface area contributed by atoms with Crippen LogP contribution in [0, 0.1) is 0 Å². The summed E-state index contributed by atoms with van der Waals surface area (Å²) >= 11 is 0. The van der Waals surface area contributed by atoms with Gasteiger partial charge >= 0.3 is 18.0 Å². The number of esters is 1. The van der Waals surface area contributed by atoms with Gasteiger partial charge in [-0.25, -0.2) is 9.59 Å². The summed E-state index contributed by atoms with van der Waals surface area (Å²) in [4.78, 5) is 34.5. The fraction of sp³-hybridized carbons (Fsp3) is 0.400. The van der Waals surface area contributed by atoms with Crippen LogP contribution in [0.1, 0.15) is 16.8 Å². The van der Waals surface area contributed by atoms with Gasteiger partial charge in [-0.2, -0.15) is 0 Å². The normalized spacial score (nSPS) is 9.76. The van der Waals surface area contributed by atoms with Crippen LogP contribution in [0.15, 0.2) is 6.07 Å². The molecule has 0 spiro atoms. The van der Waals surface area contributed by atoms with Gasteiger partial charge in [0.2, 0.25) is 5.75 Å². The van der Waals surface area contributed by atoms with E-state index in [1.54, 1.807) is 0 Å². The van der Waals surface area contributed by atoms with Crippen molar-refractivity contribution in [2.45, 2.75) is 6.42 Å². The zero-order valence-corrected chi connectivity index (χ0v) is 14.3. The molecule has 0 saturated carbocycles. The number of carboxylic acid groups (broad SMARTS) is 1. The molecule has 1 aromatic carbocycles.